The first-order chi connectivity index (χ1) is 9.31. The molecule has 0 bridgehead atoms. The maximum absolute atomic E-state index is 11.6. The third-order valence-corrected chi connectivity index (χ3v) is 4.33. The predicted molar refractivity (Wildman–Crippen MR) is 77.8 cm³/mol. The molecule has 2 heterocycles. The van der Waals surface area contributed by atoms with E-state index in [1.165, 1.54) is 11.3 Å². The van der Waals surface area contributed by atoms with Gasteiger partial charge in [-0.1, -0.05) is 0 Å². The summed E-state index contributed by atoms with van der Waals surface area (Å²) in [5, 5.41) is 12.9. The lowest BCUT2D eigenvalue weighted by Gasteiger charge is -2.31. The Hall–Kier alpha value is -1.44. The molecule has 0 unspecified atom stereocenters. The molecule has 4 N–H and O–H groups in total. The fourth-order valence-electron chi connectivity index (χ4n) is 2.55. The van der Waals surface area contributed by atoms with Crippen LogP contribution in [-0.2, 0) is 17.8 Å². The number of amides is 2. The molecule has 1 aliphatic heterocycles. The van der Waals surface area contributed by atoms with Gasteiger partial charge >= 0.3 is 0 Å². The highest BCUT2D eigenvalue weighted by Gasteiger charge is 2.28. The van der Waals surface area contributed by atoms with Crippen molar-refractivity contribution in [3.05, 3.63) is 16.0 Å². The lowest BCUT2D eigenvalue weighted by Crippen LogP contribution is -2.41. The number of hydrogen-bond donors (Lipinski definition) is 3. The Bertz CT molecular complexity index is 534. The average molecular weight is 297 g/mol. The van der Waals surface area contributed by atoms with Crippen LogP contribution in [-0.4, -0.2) is 41.0 Å². The number of primary amides is 1. The fraction of sp³-hybridized carbons (Fsp3) is 0.538. The van der Waals surface area contributed by atoms with Gasteiger partial charge in [0.05, 0.1) is 11.2 Å². The van der Waals surface area contributed by atoms with Crippen molar-refractivity contribution in [3.63, 3.8) is 0 Å². The van der Waals surface area contributed by atoms with Gasteiger partial charge in [0.25, 0.3) is 5.91 Å². The van der Waals surface area contributed by atoms with Crippen LogP contribution in [0.2, 0.25) is 0 Å². The van der Waals surface area contributed by atoms with Crippen LogP contribution >= 0.6 is 11.3 Å². The van der Waals surface area contributed by atoms with Gasteiger partial charge in [-0.25, -0.2) is 0 Å². The number of β-amino-alcohol motifs (C(OH)–C–C–N with tert-alkyl or cyclic N) is 1. The Morgan fingerprint density at radius 1 is 1.60 bits per heavy atom. The van der Waals surface area contributed by atoms with Crippen molar-refractivity contribution in [2.45, 2.75) is 32.4 Å². The van der Waals surface area contributed by atoms with Gasteiger partial charge in [0.15, 0.2) is 0 Å². The van der Waals surface area contributed by atoms with Gasteiger partial charge in [0.2, 0.25) is 6.41 Å². The second-order valence-electron chi connectivity index (χ2n) is 5.61. The van der Waals surface area contributed by atoms with Gasteiger partial charge in [-0.05, 0) is 25.8 Å². The highest BCUT2D eigenvalue weighted by molar-refractivity contribution is 7.16. The number of carbonyl (C=O) groups is 2. The molecule has 2 amide bonds. The summed E-state index contributed by atoms with van der Waals surface area (Å²) >= 11 is 1.38. The molecule has 1 aliphatic rings. The van der Waals surface area contributed by atoms with Crippen LogP contribution < -0.4 is 11.1 Å². The van der Waals surface area contributed by atoms with Gasteiger partial charge in [0, 0.05) is 24.5 Å². The lowest BCUT2D eigenvalue weighted by atomic mass is 10.0. The van der Waals surface area contributed by atoms with Gasteiger partial charge in [-0.2, -0.15) is 0 Å². The van der Waals surface area contributed by atoms with E-state index in [0.29, 0.717) is 36.5 Å². The smallest absolute Gasteiger partial charge is 0.251 e. The van der Waals surface area contributed by atoms with Crippen molar-refractivity contribution in [2.24, 2.45) is 5.73 Å². The van der Waals surface area contributed by atoms with Gasteiger partial charge in [-0.15, -0.1) is 11.3 Å². The molecule has 6 nitrogen and oxygen atoms in total. The third kappa shape index (κ3) is 3.17. The Labute approximate surface area is 121 Å². The van der Waals surface area contributed by atoms with Crippen LogP contribution in [0.3, 0.4) is 0 Å². The molecule has 1 aromatic rings. The number of fused-ring (bicyclic) bond motifs is 1. The Kier molecular flexibility index (Phi) is 4.12. The molecule has 1 aromatic heterocycles. The Morgan fingerprint density at radius 2 is 2.30 bits per heavy atom. The van der Waals surface area contributed by atoms with E-state index in [4.69, 9.17) is 5.73 Å². The number of hydrogen-bond acceptors (Lipinski definition) is 5. The lowest BCUT2D eigenvalue weighted by molar-refractivity contribution is -0.105. The second kappa shape index (κ2) is 5.51. The molecule has 110 valence electrons. The number of carbonyl (C=O) groups excluding carboxylic acids is 2. The topological polar surface area (TPSA) is 95.7 Å². The summed E-state index contributed by atoms with van der Waals surface area (Å²) in [4.78, 5) is 25.3. The van der Waals surface area contributed by atoms with Gasteiger partial charge in [0.1, 0.15) is 5.00 Å². The first-order valence-corrected chi connectivity index (χ1v) is 7.22. The van der Waals surface area contributed by atoms with E-state index in [2.05, 4.69) is 10.2 Å². The molecular weight excluding hydrogens is 278 g/mol. The molecular formula is C13H19N3O3S. The molecule has 0 saturated heterocycles. The maximum atomic E-state index is 11.6. The van der Waals surface area contributed by atoms with Gasteiger partial charge < -0.3 is 16.2 Å². The standard InChI is InChI=1S/C13H19N3O3S/c1-13(2,19)6-16-4-3-8-9(5-16)20-12(15-7-17)10(8)11(14)18/h7,19H,3-6H2,1-2H3,(H2,14,18)(H,15,17). The fourth-order valence-corrected chi connectivity index (χ4v) is 3.81. The maximum Gasteiger partial charge on any atom is 0.251 e. The number of rotatable bonds is 5. The van der Waals surface area contributed by atoms with Crippen LogP contribution in [0.25, 0.3) is 0 Å². The van der Waals surface area contributed by atoms with E-state index in [1.54, 1.807) is 13.8 Å². The van der Waals surface area contributed by atoms with E-state index in [-0.39, 0.29) is 0 Å². The summed E-state index contributed by atoms with van der Waals surface area (Å²) in [6.45, 7) is 5.52. The zero-order valence-electron chi connectivity index (χ0n) is 11.6. The molecule has 0 aromatic carbocycles. The van der Waals surface area contributed by atoms with Gasteiger partial charge in [-0.3, -0.25) is 14.5 Å². The summed E-state index contributed by atoms with van der Waals surface area (Å²) in [5.74, 6) is -0.511. The summed E-state index contributed by atoms with van der Waals surface area (Å²) in [5.41, 5.74) is 6.01. The van der Waals surface area contributed by atoms with Crippen molar-refractivity contribution in [3.8, 4) is 0 Å². The summed E-state index contributed by atoms with van der Waals surface area (Å²) in [6, 6.07) is 0. The van der Waals surface area contributed by atoms with Crippen LogP contribution in [0.4, 0.5) is 5.00 Å². The molecule has 0 fully saturated rings. The van der Waals surface area contributed by atoms with Crippen LogP contribution in [0.1, 0.15) is 34.6 Å². The normalized spacial score (nSPS) is 15.8. The van der Waals surface area contributed by atoms with Crippen molar-refractivity contribution >= 4 is 28.7 Å². The molecule has 0 spiro atoms. The Balaban J connectivity index is 2.27. The molecule has 0 aliphatic carbocycles. The summed E-state index contributed by atoms with van der Waals surface area (Å²) in [6.07, 6.45) is 1.25. The Morgan fingerprint density at radius 3 is 2.85 bits per heavy atom. The number of nitrogens with zero attached hydrogens (tertiary/aromatic N) is 1. The predicted octanol–water partition coefficient (Wildman–Crippen LogP) is 0.544. The second-order valence-corrected chi connectivity index (χ2v) is 6.71. The SMILES string of the molecule is CC(C)(O)CN1CCc2c(sc(NC=O)c2C(N)=O)C1. The monoisotopic (exact) mass is 297 g/mol. The van der Waals surface area contributed by atoms with Crippen molar-refractivity contribution in [1.82, 2.24) is 4.90 Å². The number of nitrogens with two attached hydrogens (primary N) is 1. The summed E-state index contributed by atoms with van der Waals surface area (Å²) < 4.78 is 0. The highest BCUT2D eigenvalue weighted by Crippen LogP contribution is 2.36. The van der Waals surface area contributed by atoms with Crippen molar-refractivity contribution in [2.75, 3.05) is 18.4 Å². The van der Waals surface area contributed by atoms with Crippen LogP contribution in [0.5, 0.6) is 0 Å². The number of anilines is 1. The number of thiophene rings is 1. The van der Waals surface area contributed by atoms with E-state index >= 15 is 0 Å². The van der Waals surface area contributed by atoms with Crippen molar-refractivity contribution in [1.29, 1.82) is 0 Å². The molecule has 0 atom stereocenters. The number of aliphatic hydroxyl groups is 1. The molecule has 0 saturated carbocycles. The minimum absolute atomic E-state index is 0.431. The molecule has 2 rings (SSSR count). The number of nitrogens with one attached hydrogen (secondary N) is 1. The van der Waals surface area contributed by atoms with Crippen LogP contribution in [0, 0.1) is 0 Å². The first kappa shape index (κ1) is 15.0. The average Bonchev–Trinajstić information content (AvgIpc) is 2.64. The molecule has 0 radical (unpaired) electrons. The highest BCUT2D eigenvalue weighted by atomic mass is 32.1. The largest absolute Gasteiger partial charge is 0.389 e. The minimum atomic E-state index is -0.759. The van der Waals surface area contributed by atoms with E-state index in [1.807, 2.05) is 0 Å². The van der Waals surface area contributed by atoms with E-state index in [9.17, 15) is 14.7 Å². The van der Waals surface area contributed by atoms with Crippen molar-refractivity contribution < 1.29 is 14.7 Å². The molecule has 20 heavy (non-hydrogen) atoms. The molecule has 7 heteroatoms. The van der Waals surface area contributed by atoms with E-state index in [0.717, 1.165) is 17.0 Å². The quantitative estimate of drug-likeness (QED) is 0.691. The minimum Gasteiger partial charge on any atom is -0.389 e. The first-order valence-electron chi connectivity index (χ1n) is 6.41. The van der Waals surface area contributed by atoms with E-state index < -0.39 is 11.5 Å². The zero-order chi connectivity index (χ0) is 14.9. The third-order valence-electron chi connectivity index (χ3n) is 3.18. The van der Waals surface area contributed by atoms with Crippen LogP contribution in [0.15, 0.2) is 0 Å². The summed E-state index contributed by atoms with van der Waals surface area (Å²) in [7, 11) is 0. The zero-order valence-corrected chi connectivity index (χ0v) is 12.4.